The van der Waals surface area contributed by atoms with Gasteiger partial charge in [-0.05, 0) is 52.0 Å². The predicted molar refractivity (Wildman–Crippen MR) is 104 cm³/mol. The third-order valence-corrected chi connectivity index (χ3v) is 4.23. The average Bonchev–Trinajstić information content (AvgIpc) is 3.03. The first-order chi connectivity index (χ1) is 12.6. The zero-order valence-electron chi connectivity index (χ0n) is 15.5. The summed E-state index contributed by atoms with van der Waals surface area (Å²) >= 11 is 1.60. The molecular formula is C19H24N2O4S. The zero-order valence-corrected chi connectivity index (χ0v) is 16.3. The molecule has 1 heterocycles. The number of ether oxygens (including phenoxy) is 3. The molecule has 1 amide bonds. The van der Waals surface area contributed by atoms with Gasteiger partial charge in [0.25, 0.3) is 5.91 Å². The van der Waals surface area contributed by atoms with E-state index in [4.69, 9.17) is 14.2 Å². The van der Waals surface area contributed by atoms with Crippen LogP contribution in [0.2, 0.25) is 0 Å². The quantitative estimate of drug-likeness (QED) is 0.530. The van der Waals surface area contributed by atoms with Crippen LogP contribution in [0.15, 0.2) is 29.4 Å². The standard InChI is InChI=1S/C19H24N2O4S/c1-5-23-16-10-14(11-17(24-6-2)18(16)25-7-3)19(22)21-20-12-15-9-8-13(4)26-15/h8-12H,5-7H2,1-4H3,(H,21,22). The van der Waals surface area contributed by atoms with E-state index in [1.807, 2.05) is 39.8 Å². The number of amides is 1. The highest BCUT2D eigenvalue weighted by atomic mass is 32.1. The average molecular weight is 376 g/mol. The van der Waals surface area contributed by atoms with Crippen LogP contribution >= 0.6 is 11.3 Å². The topological polar surface area (TPSA) is 69.2 Å². The summed E-state index contributed by atoms with van der Waals surface area (Å²) in [7, 11) is 0. The first-order valence-corrected chi connectivity index (χ1v) is 9.36. The van der Waals surface area contributed by atoms with E-state index < -0.39 is 0 Å². The van der Waals surface area contributed by atoms with Crippen molar-refractivity contribution in [3.63, 3.8) is 0 Å². The van der Waals surface area contributed by atoms with Crippen molar-refractivity contribution in [3.05, 3.63) is 39.6 Å². The number of hydrazone groups is 1. The molecule has 140 valence electrons. The van der Waals surface area contributed by atoms with E-state index in [9.17, 15) is 4.79 Å². The van der Waals surface area contributed by atoms with Gasteiger partial charge < -0.3 is 14.2 Å². The summed E-state index contributed by atoms with van der Waals surface area (Å²) in [4.78, 5) is 14.6. The van der Waals surface area contributed by atoms with Gasteiger partial charge in [0.05, 0.1) is 26.0 Å². The summed E-state index contributed by atoms with van der Waals surface area (Å²) < 4.78 is 16.9. The summed E-state index contributed by atoms with van der Waals surface area (Å²) in [6, 6.07) is 7.23. The summed E-state index contributed by atoms with van der Waals surface area (Å²) in [5.41, 5.74) is 2.92. The Bertz CT molecular complexity index is 744. The summed E-state index contributed by atoms with van der Waals surface area (Å²) in [5.74, 6) is 1.11. The van der Waals surface area contributed by atoms with Gasteiger partial charge in [-0.25, -0.2) is 5.43 Å². The molecule has 0 bridgehead atoms. The number of hydrogen-bond acceptors (Lipinski definition) is 6. The molecule has 6 nitrogen and oxygen atoms in total. The lowest BCUT2D eigenvalue weighted by molar-refractivity contribution is 0.0954. The Morgan fingerprint density at radius 2 is 1.69 bits per heavy atom. The van der Waals surface area contributed by atoms with E-state index >= 15 is 0 Å². The number of carbonyl (C=O) groups excluding carboxylic acids is 1. The van der Waals surface area contributed by atoms with Crippen LogP contribution in [0.5, 0.6) is 17.2 Å². The minimum absolute atomic E-state index is 0.348. The Morgan fingerprint density at radius 3 is 2.19 bits per heavy atom. The predicted octanol–water partition coefficient (Wildman–Crippen LogP) is 4.02. The van der Waals surface area contributed by atoms with Gasteiger partial charge in [-0.2, -0.15) is 5.10 Å². The maximum atomic E-state index is 12.4. The minimum atomic E-state index is -0.348. The first kappa shape index (κ1) is 19.8. The molecule has 2 aromatic rings. The Morgan fingerprint density at radius 1 is 1.08 bits per heavy atom. The maximum absolute atomic E-state index is 12.4. The number of carbonyl (C=O) groups is 1. The fourth-order valence-electron chi connectivity index (χ4n) is 2.26. The highest BCUT2D eigenvalue weighted by molar-refractivity contribution is 7.13. The molecule has 0 aliphatic heterocycles. The summed E-state index contributed by atoms with van der Waals surface area (Å²) in [6.45, 7) is 9.01. The summed E-state index contributed by atoms with van der Waals surface area (Å²) in [6.07, 6.45) is 1.62. The Balaban J connectivity index is 2.23. The molecule has 0 unspecified atom stereocenters. The molecule has 26 heavy (non-hydrogen) atoms. The molecule has 0 saturated carbocycles. The molecule has 1 aromatic heterocycles. The number of hydrogen-bond donors (Lipinski definition) is 1. The number of nitrogens with one attached hydrogen (secondary N) is 1. The fourth-order valence-corrected chi connectivity index (χ4v) is 3.01. The number of rotatable bonds is 9. The lowest BCUT2D eigenvalue weighted by Crippen LogP contribution is -2.18. The number of benzene rings is 1. The van der Waals surface area contributed by atoms with Crippen LogP contribution in [-0.4, -0.2) is 31.9 Å². The Hall–Kier alpha value is -2.54. The van der Waals surface area contributed by atoms with Crippen molar-refractivity contribution in [1.29, 1.82) is 0 Å². The van der Waals surface area contributed by atoms with E-state index in [2.05, 4.69) is 10.5 Å². The van der Waals surface area contributed by atoms with Crippen LogP contribution in [0.1, 0.15) is 40.9 Å². The van der Waals surface area contributed by atoms with Crippen molar-refractivity contribution < 1.29 is 19.0 Å². The number of nitrogens with zero attached hydrogens (tertiary/aromatic N) is 1. The molecule has 1 aromatic carbocycles. The molecular weight excluding hydrogens is 352 g/mol. The molecule has 0 spiro atoms. The summed E-state index contributed by atoms with van der Waals surface area (Å²) in [5, 5.41) is 4.01. The van der Waals surface area contributed by atoms with Crippen molar-refractivity contribution in [2.75, 3.05) is 19.8 Å². The van der Waals surface area contributed by atoms with Gasteiger partial charge in [-0.1, -0.05) is 0 Å². The SMILES string of the molecule is CCOc1cc(C(=O)NN=Cc2ccc(C)s2)cc(OCC)c1OCC. The Labute approximate surface area is 157 Å². The molecule has 0 aliphatic carbocycles. The van der Waals surface area contributed by atoms with Crippen LogP contribution in [0, 0.1) is 6.92 Å². The molecule has 1 N–H and O–H groups in total. The van der Waals surface area contributed by atoms with Crippen molar-refractivity contribution in [2.45, 2.75) is 27.7 Å². The zero-order chi connectivity index (χ0) is 18.9. The molecule has 0 saturated heterocycles. The van der Waals surface area contributed by atoms with Crippen LogP contribution in [0.3, 0.4) is 0 Å². The molecule has 2 rings (SSSR count). The first-order valence-electron chi connectivity index (χ1n) is 8.55. The van der Waals surface area contributed by atoms with Crippen molar-refractivity contribution in [2.24, 2.45) is 5.10 Å². The lowest BCUT2D eigenvalue weighted by atomic mass is 10.1. The van der Waals surface area contributed by atoms with Crippen molar-refractivity contribution >= 4 is 23.5 Å². The van der Waals surface area contributed by atoms with E-state index in [1.54, 1.807) is 29.7 Å². The van der Waals surface area contributed by atoms with Crippen LogP contribution in [-0.2, 0) is 0 Å². The van der Waals surface area contributed by atoms with Crippen LogP contribution in [0.25, 0.3) is 0 Å². The fraction of sp³-hybridized carbons (Fsp3) is 0.368. The van der Waals surface area contributed by atoms with E-state index in [-0.39, 0.29) is 5.91 Å². The van der Waals surface area contributed by atoms with E-state index in [0.717, 1.165) is 4.88 Å². The minimum Gasteiger partial charge on any atom is -0.490 e. The highest BCUT2D eigenvalue weighted by Crippen LogP contribution is 2.39. The number of aryl methyl sites for hydroxylation is 1. The molecule has 0 aliphatic rings. The molecule has 7 heteroatoms. The van der Waals surface area contributed by atoms with Gasteiger partial charge in [0.2, 0.25) is 5.75 Å². The van der Waals surface area contributed by atoms with Gasteiger partial charge in [0.1, 0.15) is 0 Å². The van der Waals surface area contributed by atoms with Gasteiger partial charge in [-0.15, -0.1) is 11.3 Å². The molecule has 0 radical (unpaired) electrons. The third kappa shape index (κ3) is 5.23. The highest BCUT2D eigenvalue weighted by Gasteiger charge is 2.18. The lowest BCUT2D eigenvalue weighted by Gasteiger charge is -2.16. The Kier molecular flexibility index (Phi) is 7.47. The van der Waals surface area contributed by atoms with Gasteiger partial charge >= 0.3 is 0 Å². The van der Waals surface area contributed by atoms with Gasteiger partial charge in [0, 0.05) is 15.3 Å². The van der Waals surface area contributed by atoms with Gasteiger partial charge in [-0.3, -0.25) is 4.79 Å². The van der Waals surface area contributed by atoms with E-state index in [0.29, 0.717) is 42.6 Å². The second kappa shape index (κ2) is 9.82. The van der Waals surface area contributed by atoms with Crippen LogP contribution in [0.4, 0.5) is 0 Å². The van der Waals surface area contributed by atoms with Crippen molar-refractivity contribution in [1.82, 2.24) is 5.43 Å². The second-order valence-electron chi connectivity index (χ2n) is 5.25. The second-order valence-corrected chi connectivity index (χ2v) is 6.57. The normalized spacial score (nSPS) is 10.8. The monoisotopic (exact) mass is 376 g/mol. The molecule has 0 fully saturated rings. The van der Waals surface area contributed by atoms with Crippen LogP contribution < -0.4 is 19.6 Å². The number of thiophene rings is 1. The van der Waals surface area contributed by atoms with Crippen molar-refractivity contribution in [3.8, 4) is 17.2 Å². The largest absolute Gasteiger partial charge is 0.490 e. The third-order valence-electron chi connectivity index (χ3n) is 3.29. The smallest absolute Gasteiger partial charge is 0.271 e. The van der Waals surface area contributed by atoms with E-state index in [1.165, 1.54) is 4.88 Å². The maximum Gasteiger partial charge on any atom is 0.271 e. The molecule has 0 atom stereocenters. The van der Waals surface area contributed by atoms with Gasteiger partial charge in [0.15, 0.2) is 11.5 Å².